The zero-order valence-electron chi connectivity index (χ0n) is 11.1. The van der Waals surface area contributed by atoms with Crippen molar-refractivity contribution in [1.82, 2.24) is 9.88 Å². The molecule has 4 nitrogen and oxygen atoms in total. The topological polar surface area (TPSA) is 45.2 Å². The summed E-state index contributed by atoms with van der Waals surface area (Å²) in [5.41, 5.74) is -0.804. The fourth-order valence-electron chi connectivity index (χ4n) is 2.14. The molecule has 110 valence electrons. The number of nitrogens with one attached hydrogen (secondary N) is 1. The van der Waals surface area contributed by atoms with Crippen molar-refractivity contribution >= 4 is 11.7 Å². The molecule has 1 N–H and O–H groups in total. The quantitative estimate of drug-likeness (QED) is 0.929. The van der Waals surface area contributed by atoms with E-state index in [1.54, 1.807) is 11.8 Å². The standard InChI is InChI=1S/C13H16F3N3O/c1-9(12(20)19-6-2-3-7-19)18-11-5-4-10(8-17-11)13(14,15)16/h4-5,8-9H,2-3,6-7H2,1H3,(H,17,18). The number of anilines is 1. The van der Waals surface area contributed by atoms with E-state index in [4.69, 9.17) is 0 Å². The summed E-state index contributed by atoms with van der Waals surface area (Å²) in [7, 11) is 0. The molecule has 0 aliphatic carbocycles. The minimum atomic E-state index is -4.40. The summed E-state index contributed by atoms with van der Waals surface area (Å²) < 4.78 is 37.2. The number of hydrogen-bond donors (Lipinski definition) is 1. The maximum atomic E-state index is 12.4. The Morgan fingerprint density at radius 2 is 2.00 bits per heavy atom. The second-order valence-corrected chi connectivity index (χ2v) is 4.83. The first-order valence-electron chi connectivity index (χ1n) is 6.46. The Labute approximate surface area is 115 Å². The van der Waals surface area contributed by atoms with Gasteiger partial charge in [-0.15, -0.1) is 0 Å². The van der Waals surface area contributed by atoms with Gasteiger partial charge in [-0.05, 0) is 31.9 Å². The lowest BCUT2D eigenvalue weighted by Crippen LogP contribution is -2.39. The molecule has 1 atom stereocenters. The minimum absolute atomic E-state index is 0.0517. The minimum Gasteiger partial charge on any atom is -0.359 e. The molecule has 1 aliphatic heterocycles. The molecular weight excluding hydrogens is 271 g/mol. The molecule has 1 unspecified atom stereocenters. The van der Waals surface area contributed by atoms with Crippen LogP contribution in [0.25, 0.3) is 0 Å². The van der Waals surface area contributed by atoms with Crippen LogP contribution in [0.2, 0.25) is 0 Å². The Kier molecular flexibility index (Phi) is 4.15. The summed E-state index contributed by atoms with van der Waals surface area (Å²) >= 11 is 0. The first-order chi connectivity index (χ1) is 9.38. The van der Waals surface area contributed by atoms with Gasteiger partial charge in [0.05, 0.1) is 5.56 Å². The number of aromatic nitrogens is 1. The van der Waals surface area contributed by atoms with Crippen molar-refractivity contribution in [1.29, 1.82) is 0 Å². The Morgan fingerprint density at radius 3 is 2.50 bits per heavy atom. The van der Waals surface area contributed by atoms with Crippen molar-refractivity contribution < 1.29 is 18.0 Å². The molecule has 0 spiro atoms. The van der Waals surface area contributed by atoms with Crippen LogP contribution in [-0.2, 0) is 11.0 Å². The van der Waals surface area contributed by atoms with Gasteiger partial charge in [0.1, 0.15) is 11.9 Å². The first-order valence-corrected chi connectivity index (χ1v) is 6.46. The molecule has 1 aliphatic rings. The third-order valence-corrected chi connectivity index (χ3v) is 3.24. The van der Waals surface area contributed by atoms with Gasteiger partial charge in [0, 0.05) is 19.3 Å². The highest BCUT2D eigenvalue weighted by atomic mass is 19.4. The van der Waals surface area contributed by atoms with Crippen molar-refractivity contribution in [2.75, 3.05) is 18.4 Å². The molecule has 2 heterocycles. The lowest BCUT2D eigenvalue weighted by Gasteiger charge is -2.21. The molecule has 0 aromatic carbocycles. The predicted molar refractivity (Wildman–Crippen MR) is 68.1 cm³/mol. The summed E-state index contributed by atoms with van der Waals surface area (Å²) in [6.45, 7) is 3.16. The van der Waals surface area contributed by atoms with Crippen LogP contribution in [0.1, 0.15) is 25.3 Å². The van der Waals surface area contributed by atoms with E-state index in [0.29, 0.717) is 0 Å². The number of likely N-dealkylation sites (tertiary alicyclic amines) is 1. The number of alkyl halides is 3. The number of amides is 1. The fourth-order valence-corrected chi connectivity index (χ4v) is 2.14. The molecule has 7 heteroatoms. The maximum absolute atomic E-state index is 12.4. The molecule has 1 amide bonds. The van der Waals surface area contributed by atoms with Gasteiger partial charge in [-0.25, -0.2) is 4.98 Å². The van der Waals surface area contributed by atoms with E-state index >= 15 is 0 Å². The van der Waals surface area contributed by atoms with E-state index in [-0.39, 0.29) is 11.7 Å². The summed E-state index contributed by atoms with van der Waals surface area (Å²) in [6.07, 6.45) is -1.65. The summed E-state index contributed by atoms with van der Waals surface area (Å²) in [4.78, 5) is 17.5. The van der Waals surface area contributed by atoms with Crippen molar-refractivity contribution in [2.24, 2.45) is 0 Å². The molecule has 0 bridgehead atoms. The van der Waals surface area contributed by atoms with Crippen LogP contribution >= 0.6 is 0 Å². The normalized spacial score (nSPS) is 17.1. The predicted octanol–water partition coefficient (Wildman–Crippen LogP) is 2.52. The summed E-state index contributed by atoms with van der Waals surface area (Å²) in [6, 6.07) is 1.68. The van der Waals surface area contributed by atoms with Gasteiger partial charge in [0.15, 0.2) is 0 Å². The number of carbonyl (C=O) groups excluding carboxylic acids is 1. The molecule has 0 radical (unpaired) electrons. The van der Waals surface area contributed by atoms with Gasteiger partial charge in [0.25, 0.3) is 0 Å². The number of carbonyl (C=O) groups is 1. The number of nitrogens with zero attached hydrogens (tertiary/aromatic N) is 2. The Balaban J connectivity index is 1.97. The zero-order valence-corrected chi connectivity index (χ0v) is 11.1. The third-order valence-electron chi connectivity index (χ3n) is 3.24. The molecule has 20 heavy (non-hydrogen) atoms. The monoisotopic (exact) mass is 287 g/mol. The fraction of sp³-hybridized carbons (Fsp3) is 0.538. The van der Waals surface area contributed by atoms with Gasteiger partial charge in [-0.3, -0.25) is 4.79 Å². The summed E-state index contributed by atoms with van der Waals surface area (Å²) in [5, 5.41) is 2.83. The lowest BCUT2D eigenvalue weighted by molar-refractivity contribution is -0.137. The highest BCUT2D eigenvalue weighted by Gasteiger charge is 2.31. The SMILES string of the molecule is CC(Nc1ccc(C(F)(F)F)cn1)C(=O)N1CCCC1. The highest BCUT2D eigenvalue weighted by molar-refractivity contribution is 5.84. The highest BCUT2D eigenvalue weighted by Crippen LogP contribution is 2.28. The Bertz CT molecular complexity index is 467. The maximum Gasteiger partial charge on any atom is 0.417 e. The lowest BCUT2D eigenvalue weighted by atomic mass is 10.2. The molecule has 1 aromatic rings. The Morgan fingerprint density at radius 1 is 1.35 bits per heavy atom. The smallest absolute Gasteiger partial charge is 0.359 e. The number of halogens is 3. The molecule has 2 rings (SSSR count). The molecule has 1 fully saturated rings. The van der Waals surface area contributed by atoms with E-state index in [0.717, 1.165) is 38.2 Å². The first kappa shape index (κ1) is 14.6. The zero-order chi connectivity index (χ0) is 14.8. The van der Waals surface area contributed by atoms with Gasteiger partial charge >= 0.3 is 6.18 Å². The van der Waals surface area contributed by atoms with Crippen LogP contribution in [-0.4, -0.2) is 34.9 Å². The van der Waals surface area contributed by atoms with Gasteiger partial charge < -0.3 is 10.2 Å². The molecular formula is C13H16F3N3O. The van der Waals surface area contributed by atoms with Crippen LogP contribution in [0.3, 0.4) is 0 Å². The second-order valence-electron chi connectivity index (χ2n) is 4.83. The van der Waals surface area contributed by atoms with Crippen LogP contribution in [0.5, 0.6) is 0 Å². The van der Waals surface area contributed by atoms with Gasteiger partial charge in [0.2, 0.25) is 5.91 Å². The number of hydrogen-bond acceptors (Lipinski definition) is 3. The molecule has 1 aromatic heterocycles. The Hall–Kier alpha value is -1.79. The molecule has 1 saturated heterocycles. The van der Waals surface area contributed by atoms with E-state index in [1.807, 2.05) is 0 Å². The van der Waals surface area contributed by atoms with Crippen LogP contribution in [0.15, 0.2) is 18.3 Å². The van der Waals surface area contributed by atoms with E-state index in [1.165, 1.54) is 6.07 Å². The second kappa shape index (κ2) is 5.68. The average molecular weight is 287 g/mol. The van der Waals surface area contributed by atoms with Crippen molar-refractivity contribution in [3.8, 4) is 0 Å². The third kappa shape index (κ3) is 3.40. The van der Waals surface area contributed by atoms with Gasteiger partial charge in [-0.1, -0.05) is 0 Å². The summed E-state index contributed by atoms with van der Waals surface area (Å²) in [5.74, 6) is 0.210. The van der Waals surface area contributed by atoms with Crippen molar-refractivity contribution in [2.45, 2.75) is 32.0 Å². The average Bonchev–Trinajstić information content (AvgIpc) is 2.91. The van der Waals surface area contributed by atoms with Crippen LogP contribution in [0.4, 0.5) is 19.0 Å². The van der Waals surface area contributed by atoms with Crippen LogP contribution in [0, 0.1) is 0 Å². The van der Waals surface area contributed by atoms with E-state index < -0.39 is 17.8 Å². The number of rotatable bonds is 3. The van der Waals surface area contributed by atoms with Gasteiger partial charge in [-0.2, -0.15) is 13.2 Å². The van der Waals surface area contributed by atoms with E-state index in [9.17, 15) is 18.0 Å². The largest absolute Gasteiger partial charge is 0.417 e. The van der Waals surface area contributed by atoms with Crippen molar-refractivity contribution in [3.05, 3.63) is 23.9 Å². The molecule has 0 saturated carbocycles. The van der Waals surface area contributed by atoms with E-state index in [2.05, 4.69) is 10.3 Å². The number of pyridine rings is 1. The van der Waals surface area contributed by atoms with Crippen molar-refractivity contribution in [3.63, 3.8) is 0 Å². The van der Waals surface area contributed by atoms with Crippen LogP contribution < -0.4 is 5.32 Å².